The van der Waals surface area contributed by atoms with E-state index in [1.165, 1.54) is 30.3 Å². The van der Waals surface area contributed by atoms with Gasteiger partial charge in [-0.3, -0.25) is 9.36 Å². The number of nitrogens with zero attached hydrogens (tertiary/aromatic N) is 4. The highest BCUT2D eigenvalue weighted by Crippen LogP contribution is 2.29. The molecule has 2 unspecified atom stereocenters. The second-order valence-corrected chi connectivity index (χ2v) is 8.96. The second kappa shape index (κ2) is 9.00. The highest BCUT2D eigenvalue weighted by Gasteiger charge is 2.26. The molecule has 1 amide bonds. The first-order chi connectivity index (χ1) is 14.5. The molecule has 0 bridgehead atoms. The summed E-state index contributed by atoms with van der Waals surface area (Å²) in [6.07, 6.45) is 1.17. The third kappa shape index (κ3) is 4.56. The molecule has 156 valence electrons. The predicted octanol–water partition coefficient (Wildman–Crippen LogP) is 4.67. The van der Waals surface area contributed by atoms with Gasteiger partial charge in [-0.1, -0.05) is 43.8 Å². The Balaban J connectivity index is 1.59. The number of hydrogen-bond acceptors (Lipinski definition) is 4. The molecule has 4 rings (SSSR count). The number of likely N-dealkylation sites (tertiary alicyclic amines) is 1. The summed E-state index contributed by atoms with van der Waals surface area (Å²) in [4.78, 5) is 14.8. The highest BCUT2D eigenvalue weighted by molar-refractivity contribution is 7.99. The quantitative estimate of drug-likeness (QED) is 0.559. The number of rotatable bonds is 5. The molecule has 1 fully saturated rings. The van der Waals surface area contributed by atoms with Gasteiger partial charge in [0.05, 0.1) is 5.75 Å². The average Bonchev–Trinajstić information content (AvgIpc) is 3.16. The molecular weight excluding hydrogens is 399 g/mol. The van der Waals surface area contributed by atoms with Gasteiger partial charge in [0.25, 0.3) is 0 Å². The number of thioether (sulfide) groups is 1. The summed E-state index contributed by atoms with van der Waals surface area (Å²) in [5.74, 6) is 1.82. The molecule has 1 aliphatic heterocycles. The van der Waals surface area contributed by atoms with Gasteiger partial charge >= 0.3 is 0 Å². The van der Waals surface area contributed by atoms with Crippen molar-refractivity contribution in [2.75, 3.05) is 18.8 Å². The van der Waals surface area contributed by atoms with E-state index in [1.807, 2.05) is 39.8 Å². The van der Waals surface area contributed by atoms with Crippen LogP contribution in [0, 0.1) is 17.7 Å². The molecular formula is C23H25FN4OS. The van der Waals surface area contributed by atoms with E-state index >= 15 is 0 Å². The third-order valence-corrected chi connectivity index (χ3v) is 6.21. The first-order valence-electron chi connectivity index (χ1n) is 10.2. The molecule has 2 aromatic carbocycles. The number of carbonyl (C=O) groups is 1. The molecule has 1 aromatic heterocycles. The zero-order valence-corrected chi connectivity index (χ0v) is 18.0. The Hall–Kier alpha value is -2.67. The number of piperidine rings is 1. The van der Waals surface area contributed by atoms with E-state index < -0.39 is 0 Å². The predicted molar refractivity (Wildman–Crippen MR) is 117 cm³/mol. The van der Waals surface area contributed by atoms with Crippen molar-refractivity contribution in [3.8, 4) is 17.1 Å². The van der Waals surface area contributed by atoms with Crippen molar-refractivity contribution in [2.24, 2.45) is 11.8 Å². The number of para-hydroxylation sites is 1. The minimum absolute atomic E-state index is 0.129. The summed E-state index contributed by atoms with van der Waals surface area (Å²) in [5.41, 5.74) is 1.67. The minimum atomic E-state index is -0.297. The maximum Gasteiger partial charge on any atom is 0.233 e. The van der Waals surface area contributed by atoms with Crippen LogP contribution in [0.4, 0.5) is 4.39 Å². The molecule has 2 heterocycles. The SMILES string of the molecule is CC1CC(C)CN(C(=O)CSc2nnc(-c3ccc(F)cc3)n2-c2ccccc2)C1. The lowest BCUT2D eigenvalue weighted by molar-refractivity contribution is -0.130. The smallest absolute Gasteiger partial charge is 0.233 e. The van der Waals surface area contributed by atoms with Gasteiger partial charge in [0, 0.05) is 24.3 Å². The molecule has 0 spiro atoms. The summed E-state index contributed by atoms with van der Waals surface area (Å²) < 4.78 is 15.3. The van der Waals surface area contributed by atoms with Crippen LogP contribution in [0.25, 0.3) is 17.1 Å². The van der Waals surface area contributed by atoms with E-state index in [0.29, 0.717) is 28.6 Å². The van der Waals surface area contributed by atoms with Crippen LogP contribution in [0.1, 0.15) is 20.3 Å². The van der Waals surface area contributed by atoms with Crippen LogP contribution >= 0.6 is 11.8 Å². The van der Waals surface area contributed by atoms with Gasteiger partial charge in [-0.05, 0) is 54.7 Å². The van der Waals surface area contributed by atoms with Crippen molar-refractivity contribution < 1.29 is 9.18 Å². The summed E-state index contributed by atoms with van der Waals surface area (Å²) in [6, 6.07) is 16.0. The first kappa shape index (κ1) is 20.6. The van der Waals surface area contributed by atoms with Crippen LogP contribution in [-0.4, -0.2) is 44.4 Å². The average molecular weight is 425 g/mol. The highest BCUT2D eigenvalue weighted by atomic mass is 32.2. The molecule has 7 heteroatoms. The zero-order chi connectivity index (χ0) is 21.1. The van der Waals surface area contributed by atoms with Crippen LogP contribution < -0.4 is 0 Å². The molecule has 2 atom stereocenters. The van der Waals surface area contributed by atoms with Gasteiger partial charge in [0.15, 0.2) is 11.0 Å². The summed E-state index contributed by atoms with van der Waals surface area (Å²) in [6.45, 7) is 6.03. The Morgan fingerprint density at radius 2 is 1.70 bits per heavy atom. The van der Waals surface area contributed by atoms with E-state index in [-0.39, 0.29) is 11.7 Å². The van der Waals surface area contributed by atoms with Gasteiger partial charge in [0.2, 0.25) is 5.91 Å². The van der Waals surface area contributed by atoms with Crippen molar-refractivity contribution in [1.29, 1.82) is 0 Å². The molecule has 3 aromatic rings. The molecule has 1 aliphatic rings. The van der Waals surface area contributed by atoms with Crippen LogP contribution in [-0.2, 0) is 4.79 Å². The van der Waals surface area contributed by atoms with Crippen molar-refractivity contribution in [3.63, 3.8) is 0 Å². The Labute approximate surface area is 180 Å². The van der Waals surface area contributed by atoms with Crippen LogP contribution in [0.15, 0.2) is 59.8 Å². The lowest BCUT2D eigenvalue weighted by Crippen LogP contribution is -2.43. The molecule has 0 radical (unpaired) electrons. The fourth-order valence-corrected chi connectivity index (χ4v) is 4.90. The number of aromatic nitrogens is 3. The lowest BCUT2D eigenvalue weighted by atomic mass is 9.92. The number of benzene rings is 2. The Kier molecular flexibility index (Phi) is 6.18. The maximum absolute atomic E-state index is 13.4. The number of halogens is 1. The summed E-state index contributed by atoms with van der Waals surface area (Å²) in [5, 5.41) is 9.35. The van der Waals surface area contributed by atoms with Gasteiger partial charge in [-0.2, -0.15) is 0 Å². The van der Waals surface area contributed by atoms with E-state index in [4.69, 9.17) is 0 Å². The maximum atomic E-state index is 13.4. The minimum Gasteiger partial charge on any atom is -0.341 e. The van der Waals surface area contributed by atoms with Gasteiger partial charge in [0.1, 0.15) is 5.82 Å². The number of amides is 1. The standard InChI is InChI=1S/C23H25FN4OS/c1-16-12-17(2)14-27(13-16)21(29)15-30-23-26-25-22(18-8-10-19(24)11-9-18)28(23)20-6-4-3-5-7-20/h3-11,16-17H,12-15H2,1-2H3. The fourth-order valence-electron chi connectivity index (χ4n) is 4.04. The second-order valence-electron chi connectivity index (χ2n) is 8.02. The van der Waals surface area contributed by atoms with E-state index in [9.17, 15) is 9.18 Å². The number of hydrogen-bond donors (Lipinski definition) is 0. The number of carbonyl (C=O) groups excluding carboxylic acids is 1. The molecule has 5 nitrogen and oxygen atoms in total. The van der Waals surface area contributed by atoms with E-state index in [2.05, 4.69) is 24.0 Å². The zero-order valence-electron chi connectivity index (χ0n) is 17.2. The van der Waals surface area contributed by atoms with Crippen molar-refractivity contribution in [1.82, 2.24) is 19.7 Å². The van der Waals surface area contributed by atoms with Gasteiger partial charge in [-0.15, -0.1) is 10.2 Å². The van der Waals surface area contributed by atoms with E-state index in [0.717, 1.165) is 24.3 Å². The molecule has 0 aliphatic carbocycles. The monoisotopic (exact) mass is 424 g/mol. The van der Waals surface area contributed by atoms with Crippen LogP contribution in [0.2, 0.25) is 0 Å². The van der Waals surface area contributed by atoms with Crippen molar-refractivity contribution in [2.45, 2.75) is 25.4 Å². The van der Waals surface area contributed by atoms with Crippen LogP contribution in [0.3, 0.4) is 0 Å². The first-order valence-corrected chi connectivity index (χ1v) is 11.2. The van der Waals surface area contributed by atoms with E-state index in [1.54, 1.807) is 12.1 Å². The Bertz CT molecular complexity index is 996. The Morgan fingerprint density at radius 1 is 1.03 bits per heavy atom. The fraction of sp³-hybridized carbons (Fsp3) is 0.348. The third-order valence-electron chi connectivity index (χ3n) is 5.30. The molecule has 1 saturated heterocycles. The normalized spacial score (nSPS) is 19.1. The largest absolute Gasteiger partial charge is 0.341 e. The molecule has 0 N–H and O–H groups in total. The Morgan fingerprint density at radius 3 is 2.37 bits per heavy atom. The lowest BCUT2D eigenvalue weighted by Gasteiger charge is -2.34. The summed E-state index contributed by atoms with van der Waals surface area (Å²) in [7, 11) is 0. The van der Waals surface area contributed by atoms with Gasteiger partial charge in [-0.25, -0.2) is 4.39 Å². The van der Waals surface area contributed by atoms with Gasteiger partial charge < -0.3 is 4.90 Å². The van der Waals surface area contributed by atoms with Crippen LogP contribution in [0.5, 0.6) is 0 Å². The molecule has 30 heavy (non-hydrogen) atoms. The van der Waals surface area contributed by atoms with Crippen molar-refractivity contribution in [3.05, 3.63) is 60.4 Å². The van der Waals surface area contributed by atoms with Crippen molar-refractivity contribution >= 4 is 17.7 Å². The summed E-state index contributed by atoms with van der Waals surface area (Å²) >= 11 is 1.39. The topological polar surface area (TPSA) is 51.0 Å². The molecule has 0 saturated carbocycles.